The minimum atomic E-state index is -0.956. The summed E-state index contributed by atoms with van der Waals surface area (Å²) in [7, 11) is 1.23. The molecule has 0 saturated carbocycles. The van der Waals surface area contributed by atoms with E-state index in [1.165, 1.54) is 30.4 Å². The summed E-state index contributed by atoms with van der Waals surface area (Å²) in [5.74, 6) is -0.405. The second-order valence-corrected chi connectivity index (χ2v) is 6.63. The molecule has 27 heavy (non-hydrogen) atoms. The molecule has 2 aromatic rings. The molecule has 1 aliphatic heterocycles. The first-order chi connectivity index (χ1) is 13.2. The van der Waals surface area contributed by atoms with Crippen molar-refractivity contribution in [1.29, 1.82) is 0 Å². The van der Waals surface area contributed by atoms with Crippen LogP contribution < -0.4 is 0 Å². The molecular formula is C22H20O5. The summed E-state index contributed by atoms with van der Waals surface area (Å²) in [4.78, 5) is 24.2. The first-order valence-corrected chi connectivity index (χ1v) is 8.95. The van der Waals surface area contributed by atoms with Gasteiger partial charge in [0.2, 0.25) is 6.29 Å². The number of carbonyl (C=O) groups is 2. The molecule has 2 aromatic carbocycles. The molecule has 138 valence electrons. The monoisotopic (exact) mass is 364 g/mol. The molecule has 1 aliphatic carbocycles. The lowest BCUT2D eigenvalue weighted by molar-refractivity contribution is -0.154. The van der Waals surface area contributed by atoms with E-state index in [0.717, 1.165) is 24.0 Å². The average molecular weight is 364 g/mol. The number of carbonyl (C=O) groups excluding carboxylic acids is 2. The van der Waals surface area contributed by atoms with Crippen LogP contribution in [0.25, 0.3) is 0 Å². The largest absolute Gasteiger partial charge is 0.510 e. The number of fused-ring (bicyclic) bond motifs is 2. The minimum absolute atomic E-state index is 0.142. The third-order valence-electron chi connectivity index (χ3n) is 5.10. The molecule has 5 nitrogen and oxygen atoms in total. The highest BCUT2D eigenvalue weighted by atomic mass is 16.8. The molecule has 1 heterocycles. The zero-order valence-corrected chi connectivity index (χ0v) is 15.0. The maximum absolute atomic E-state index is 12.7. The SMILES string of the molecule is COC(=O)O[C@@H]1C=CC(=O)[C@@H](C2c3ccccc3CCc3ccccc32)O1. The lowest BCUT2D eigenvalue weighted by Gasteiger charge is -2.32. The summed E-state index contributed by atoms with van der Waals surface area (Å²) in [6.45, 7) is 0. The van der Waals surface area contributed by atoms with E-state index >= 15 is 0 Å². The lowest BCUT2D eigenvalue weighted by Crippen LogP contribution is -2.39. The van der Waals surface area contributed by atoms with Gasteiger partial charge in [0.15, 0.2) is 5.78 Å². The van der Waals surface area contributed by atoms with Gasteiger partial charge in [0, 0.05) is 5.92 Å². The molecule has 0 radical (unpaired) electrons. The Kier molecular flexibility index (Phi) is 4.77. The molecule has 5 heteroatoms. The van der Waals surface area contributed by atoms with Crippen molar-refractivity contribution in [2.75, 3.05) is 7.11 Å². The quantitative estimate of drug-likeness (QED) is 0.763. The van der Waals surface area contributed by atoms with Crippen molar-refractivity contribution in [3.63, 3.8) is 0 Å². The van der Waals surface area contributed by atoms with Gasteiger partial charge in [0.1, 0.15) is 6.10 Å². The van der Waals surface area contributed by atoms with Gasteiger partial charge in [-0.15, -0.1) is 0 Å². The highest BCUT2D eigenvalue weighted by Gasteiger charge is 2.38. The van der Waals surface area contributed by atoms with Crippen LogP contribution in [0.3, 0.4) is 0 Å². The van der Waals surface area contributed by atoms with Crippen LogP contribution in [0.5, 0.6) is 0 Å². The van der Waals surface area contributed by atoms with E-state index in [1.807, 2.05) is 36.4 Å². The minimum Gasteiger partial charge on any atom is -0.438 e. The second kappa shape index (κ2) is 7.37. The number of aryl methyl sites for hydroxylation is 2. The lowest BCUT2D eigenvalue weighted by atomic mass is 9.82. The summed E-state index contributed by atoms with van der Waals surface area (Å²) in [5.41, 5.74) is 4.56. The van der Waals surface area contributed by atoms with Crippen LogP contribution in [-0.4, -0.2) is 31.4 Å². The number of rotatable bonds is 2. The topological polar surface area (TPSA) is 61.8 Å². The number of ketones is 1. The third-order valence-corrected chi connectivity index (χ3v) is 5.10. The predicted octanol–water partition coefficient (Wildman–Crippen LogP) is 3.55. The maximum Gasteiger partial charge on any atom is 0.510 e. The Labute approximate surface area is 157 Å². The molecule has 0 fully saturated rings. The van der Waals surface area contributed by atoms with Crippen LogP contribution in [0.2, 0.25) is 0 Å². The molecule has 4 rings (SSSR count). The second-order valence-electron chi connectivity index (χ2n) is 6.63. The van der Waals surface area contributed by atoms with Crippen LogP contribution >= 0.6 is 0 Å². The van der Waals surface area contributed by atoms with Crippen molar-refractivity contribution in [3.8, 4) is 0 Å². The predicted molar refractivity (Wildman–Crippen MR) is 98.4 cm³/mol. The molecule has 0 unspecified atom stereocenters. The van der Waals surface area contributed by atoms with Crippen molar-refractivity contribution in [1.82, 2.24) is 0 Å². The fourth-order valence-electron chi connectivity index (χ4n) is 3.87. The molecular weight excluding hydrogens is 344 g/mol. The van der Waals surface area contributed by atoms with Crippen molar-refractivity contribution in [2.45, 2.75) is 31.2 Å². The summed E-state index contributed by atoms with van der Waals surface area (Å²) in [5, 5.41) is 0. The van der Waals surface area contributed by atoms with Gasteiger partial charge in [0.25, 0.3) is 0 Å². The summed E-state index contributed by atoms with van der Waals surface area (Å²) < 4.78 is 15.5. The third kappa shape index (κ3) is 3.38. The maximum atomic E-state index is 12.7. The van der Waals surface area contributed by atoms with Gasteiger partial charge in [-0.2, -0.15) is 0 Å². The number of benzene rings is 2. The highest BCUT2D eigenvalue weighted by molar-refractivity contribution is 5.95. The summed E-state index contributed by atoms with van der Waals surface area (Å²) >= 11 is 0. The Morgan fingerprint density at radius 1 is 1.00 bits per heavy atom. The smallest absolute Gasteiger partial charge is 0.438 e. The van der Waals surface area contributed by atoms with E-state index in [2.05, 4.69) is 16.9 Å². The molecule has 0 spiro atoms. The van der Waals surface area contributed by atoms with Crippen LogP contribution in [0.15, 0.2) is 60.7 Å². The Morgan fingerprint density at radius 3 is 2.19 bits per heavy atom. The molecule has 0 amide bonds. The van der Waals surface area contributed by atoms with E-state index < -0.39 is 18.5 Å². The van der Waals surface area contributed by atoms with Gasteiger partial charge in [-0.25, -0.2) is 4.79 Å². The summed E-state index contributed by atoms with van der Waals surface area (Å²) in [6, 6.07) is 16.3. The van der Waals surface area contributed by atoms with Crippen LogP contribution in [0.4, 0.5) is 4.79 Å². The van der Waals surface area contributed by atoms with Gasteiger partial charge >= 0.3 is 6.16 Å². The number of hydrogen-bond acceptors (Lipinski definition) is 5. The fourth-order valence-corrected chi connectivity index (χ4v) is 3.87. The van der Waals surface area contributed by atoms with Crippen molar-refractivity contribution in [3.05, 3.63) is 82.9 Å². The van der Waals surface area contributed by atoms with E-state index in [4.69, 9.17) is 9.47 Å². The molecule has 0 N–H and O–H groups in total. The first-order valence-electron chi connectivity index (χ1n) is 8.95. The molecule has 2 atom stereocenters. The van der Waals surface area contributed by atoms with E-state index in [9.17, 15) is 9.59 Å². The number of hydrogen-bond donors (Lipinski definition) is 0. The summed E-state index contributed by atoms with van der Waals surface area (Å²) in [6.07, 6.45) is 2.10. The van der Waals surface area contributed by atoms with Crippen LogP contribution in [-0.2, 0) is 31.8 Å². The van der Waals surface area contributed by atoms with Gasteiger partial charge in [-0.05, 0) is 47.2 Å². The zero-order chi connectivity index (χ0) is 18.8. The molecule has 0 saturated heterocycles. The Morgan fingerprint density at radius 2 is 1.59 bits per heavy atom. The number of ether oxygens (including phenoxy) is 3. The van der Waals surface area contributed by atoms with Gasteiger partial charge in [-0.1, -0.05) is 48.5 Å². The first kappa shape index (κ1) is 17.5. The number of methoxy groups -OCH3 is 1. The Hall–Kier alpha value is -2.92. The van der Waals surface area contributed by atoms with E-state index in [-0.39, 0.29) is 11.7 Å². The molecule has 0 aromatic heterocycles. The standard InChI is InChI=1S/C22H20O5/c1-25-22(24)27-19-13-12-18(23)21(26-19)20-16-8-4-2-6-14(16)10-11-15-7-3-5-9-17(15)20/h2-9,12-13,19-21H,10-11H2,1H3/t19-,21+/m1/s1. The van der Waals surface area contributed by atoms with E-state index in [1.54, 1.807) is 0 Å². The van der Waals surface area contributed by atoms with Crippen molar-refractivity contribution >= 4 is 11.9 Å². The zero-order valence-electron chi connectivity index (χ0n) is 15.0. The highest BCUT2D eigenvalue weighted by Crippen LogP contribution is 2.39. The molecule has 2 aliphatic rings. The fraction of sp³-hybridized carbons (Fsp3) is 0.273. The van der Waals surface area contributed by atoms with Crippen LogP contribution in [0.1, 0.15) is 28.2 Å². The Balaban J connectivity index is 1.77. The molecule has 0 bridgehead atoms. The van der Waals surface area contributed by atoms with Crippen molar-refractivity contribution < 1.29 is 23.8 Å². The normalized spacial score (nSPS) is 21.7. The van der Waals surface area contributed by atoms with Crippen molar-refractivity contribution in [2.24, 2.45) is 0 Å². The van der Waals surface area contributed by atoms with Gasteiger partial charge < -0.3 is 14.2 Å². The van der Waals surface area contributed by atoms with Gasteiger partial charge in [-0.3, -0.25) is 4.79 Å². The average Bonchev–Trinajstić information content (AvgIpc) is 2.86. The van der Waals surface area contributed by atoms with Crippen LogP contribution in [0, 0.1) is 0 Å². The van der Waals surface area contributed by atoms with E-state index in [0.29, 0.717) is 0 Å². The van der Waals surface area contributed by atoms with Gasteiger partial charge in [0.05, 0.1) is 7.11 Å². The Bertz CT molecular complexity index is 854.